The Kier molecular flexibility index (Phi) is 5.28. The molecular weight excluding hydrogens is 456 g/mol. The van der Waals surface area contributed by atoms with Crippen molar-refractivity contribution in [2.45, 2.75) is 46.5 Å². The second kappa shape index (κ2) is 8.29. The highest BCUT2D eigenvalue weighted by atomic mass is 16.5. The van der Waals surface area contributed by atoms with Gasteiger partial charge in [-0.25, -0.2) is 4.90 Å². The van der Waals surface area contributed by atoms with E-state index in [4.69, 9.17) is 4.74 Å². The molecule has 6 rings (SSSR count). The quantitative estimate of drug-likeness (QED) is 0.369. The predicted molar refractivity (Wildman–Crippen MR) is 133 cm³/mol. The number of hydrogen-bond acceptors (Lipinski definition) is 5. The van der Waals surface area contributed by atoms with E-state index in [2.05, 4.69) is 0 Å². The third-order valence-electron chi connectivity index (χ3n) is 8.82. The van der Waals surface area contributed by atoms with Gasteiger partial charge in [0.25, 0.3) is 0 Å². The molecule has 186 valence electrons. The normalized spacial score (nSPS) is 28.9. The number of aryl methyl sites for hydroxylation is 3. The van der Waals surface area contributed by atoms with Crippen LogP contribution in [0, 0.1) is 50.4 Å². The van der Waals surface area contributed by atoms with Crippen molar-refractivity contribution in [1.82, 2.24) is 0 Å². The Morgan fingerprint density at radius 2 is 1.56 bits per heavy atom. The largest absolute Gasteiger partial charge is 0.426 e. The van der Waals surface area contributed by atoms with Crippen molar-refractivity contribution in [2.24, 2.45) is 29.6 Å². The molecule has 7 heteroatoms. The number of benzene rings is 2. The average molecular weight is 487 g/mol. The average Bonchev–Trinajstić information content (AvgIpc) is 3.60. The van der Waals surface area contributed by atoms with Gasteiger partial charge in [-0.2, -0.15) is 0 Å². The number of fused-ring (bicyclic) bond motifs is 5. The monoisotopic (exact) mass is 486 g/mol. The maximum absolute atomic E-state index is 13.2. The molecule has 2 aliphatic heterocycles. The third-order valence-corrected chi connectivity index (χ3v) is 8.82. The Balaban J connectivity index is 1.15. The Bertz CT molecular complexity index is 1290. The van der Waals surface area contributed by atoms with E-state index in [1.165, 1.54) is 4.90 Å². The van der Waals surface area contributed by atoms with Crippen molar-refractivity contribution in [1.29, 1.82) is 0 Å². The van der Waals surface area contributed by atoms with Crippen LogP contribution in [0.3, 0.4) is 0 Å². The summed E-state index contributed by atoms with van der Waals surface area (Å²) in [6, 6.07) is 10.8. The molecule has 7 nitrogen and oxygen atoms in total. The topological polar surface area (TPSA) is 84.0 Å². The smallest absolute Gasteiger partial charge is 0.316 e. The van der Waals surface area contributed by atoms with Crippen molar-refractivity contribution < 1.29 is 23.9 Å². The van der Waals surface area contributed by atoms with E-state index in [1.807, 2.05) is 39.0 Å². The molecule has 3 amide bonds. The van der Waals surface area contributed by atoms with Crippen LogP contribution in [0.15, 0.2) is 36.4 Å². The third kappa shape index (κ3) is 3.47. The molecule has 4 fully saturated rings. The number of anilines is 2. The van der Waals surface area contributed by atoms with Crippen molar-refractivity contribution in [3.63, 3.8) is 0 Å². The number of imide groups is 1. The van der Waals surface area contributed by atoms with Crippen LogP contribution in [0.5, 0.6) is 5.75 Å². The van der Waals surface area contributed by atoms with Crippen LogP contribution in [0.2, 0.25) is 0 Å². The summed E-state index contributed by atoms with van der Waals surface area (Å²) in [6.07, 6.45) is 3.18. The summed E-state index contributed by atoms with van der Waals surface area (Å²) in [5.41, 5.74) is 4.29. The van der Waals surface area contributed by atoms with Crippen LogP contribution in [0.4, 0.5) is 11.4 Å². The van der Waals surface area contributed by atoms with Gasteiger partial charge in [0.15, 0.2) is 0 Å². The number of carbonyl (C=O) groups is 4. The zero-order valence-corrected chi connectivity index (χ0v) is 20.8. The lowest BCUT2D eigenvalue weighted by molar-refractivity contribution is -0.139. The van der Waals surface area contributed by atoms with E-state index in [-0.39, 0.29) is 42.5 Å². The molecule has 2 saturated carbocycles. The molecule has 0 radical (unpaired) electrons. The SMILES string of the molecule is Cc1ccc(N2C[C@H](C(=O)Oc3ccc(N4C(=O)[C@@H]5[C@H]6CC[C@@H](C6)[C@H]5C4=O)c(C)c3)CC2=O)cc1C. The van der Waals surface area contributed by atoms with Crippen LogP contribution in [0.25, 0.3) is 0 Å². The fourth-order valence-electron chi connectivity index (χ4n) is 6.80. The minimum atomic E-state index is -0.560. The number of rotatable bonds is 4. The summed E-state index contributed by atoms with van der Waals surface area (Å²) in [4.78, 5) is 54.9. The number of ether oxygens (including phenoxy) is 1. The predicted octanol–water partition coefficient (Wildman–Crippen LogP) is 4.11. The van der Waals surface area contributed by atoms with E-state index in [0.717, 1.165) is 36.1 Å². The van der Waals surface area contributed by atoms with Gasteiger partial charge in [-0.05, 0) is 98.9 Å². The number of nitrogens with zero attached hydrogens (tertiary/aromatic N) is 2. The molecule has 0 aromatic heterocycles. The molecule has 5 atom stereocenters. The molecule has 2 saturated heterocycles. The summed E-state index contributed by atoms with van der Waals surface area (Å²) in [5.74, 6) is -0.616. The van der Waals surface area contributed by atoms with E-state index in [0.29, 0.717) is 28.8 Å². The summed E-state index contributed by atoms with van der Waals surface area (Å²) in [6.45, 7) is 6.11. The summed E-state index contributed by atoms with van der Waals surface area (Å²) >= 11 is 0. The molecular formula is C29H30N2O5. The van der Waals surface area contributed by atoms with Gasteiger partial charge < -0.3 is 9.64 Å². The van der Waals surface area contributed by atoms with Gasteiger partial charge in [0.2, 0.25) is 17.7 Å². The number of esters is 1. The molecule has 0 unspecified atom stereocenters. The molecule has 2 aromatic carbocycles. The molecule has 2 heterocycles. The first kappa shape index (κ1) is 23.0. The van der Waals surface area contributed by atoms with Crippen molar-refractivity contribution in [3.05, 3.63) is 53.1 Å². The molecule has 2 bridgehead atoms. The maximum Gasteiger partial charge on any atom is 0.316 e. The van der Waals surface area contributed by atoms with E-state index >= 15 is 0 Å². The summed E-state index contributed by atoms with van der Waals surface area (Å²) < 4.78 is 5.64. The second-order valence-electron chi connectivity index (χ2n) is 10.9. The van der Waals surface area contributed by atoms with Gasteiger partial charge in [0.1, 0.15) is 5.75 Å². The first-order valence-electron chi connectivity index (χ1n) is 12.8. The van der Waals surface area contributed by atoms with Gasteiger partial charge in [0.05, 0.1) is 23.4 Å². The lowest BCUT2D eigenvalue weighted by atomic mass is 9.81. The Hall–Kier alpha value is -3.48. The highest BCUT2D eigenvalue weighted by Crippen LogP contribution is 2.56. The van der Waals surface area contributed by atoms with Crippen LogP contribution in [-0.2, 0) is 19.2 Å². The summed E-state index contributed by atoms with van der Waals surface area (Å²) in [5, 5.41) is 0. The fraction of sp³-hybridized carbons (Fsp3) is 0.448. The van der Waals surface area contributed by atoms with Crippen LogP contribution >= 0.6 is 0 Å². The lowest BCUT2D eigenvalue weighted by Gasteiger charge is -2.20. The van der Waals surface area contributed by atoms with Crippen LogP contribution in [0.1, 0.15) is 42.4 Å². The second-order valence-corrected chi connectivity index (χ2v) is 10.9. The van der Waals surface area contributed by atoms with Crippen LogP contribution in [-0.4, -0.2) is 30.2 Å². The first-order chi connectivity index (χ1) is 17.2. The highest BCUT2D eigenvalue weighted by molar-refractivity contribution is 6.23. The van der Waals surface area contributed by atoms with Gasteiger partial charge >= 0.3 is 5.97 Å². The lowest BCUT2D eigenvalue weighted by Crippen LogP contribution is -2.33. The molecule has 0 spiro atoms. The minimum absolute atomic E-state index is 0.0825. The van der Waals surface area contributed by atoms with E-state index in [9.17, 15) is 19.2 Å². The Morgan fingerprint density at radius 3 is 2.19 bits per heavy atom. The standard InChI is InChI=1S/C29H30N2O5/c1-15-4-7-21(10-16(15)2)30-14-20(13-24(30)32)29(35)36-22-8-9-23(17(3)11-22)31-27(33)25-18-5-6-19(12-18)26(25)28(31)34/h4,7-11,18-20,25-26H,5-6,12-14H2,1-3H3/t18-,19-,20+,25+,26+/m0/s1. The zero-order valence-electron chi connectivity index (χ0n) is 20.8. The minimum Gasteiger partial charge on any atom is -0.426 e. The zero-order chi connectivity index (χ0) is 25.3. The molecule has 36 heavy (non-hydrogen) atoms. The number of carbonyl (C=O) groups excluding carboxylic acids is 4. The van der Waals surface area contributed by atoms with Gasteiger partial charge in [-0.1, -0.05) is 6.07 Å². The molecule has 2 aliphatic carbocycles. The number of hydrogen-bond donors (Lipinski definition) is 0. The maximum atomic E-state index is 13.2. The number of amides is 3. The molecule has 0 N–H and O–H groups in total. The van der Waals surface area contributed by atoms with E-state index < -0.39 is 11.9 Å². The Morgan fingerprint density at radius 1 is 0.861 bits per heavy atom. The summed E-state index contributed by atoms with van der Waals surface area (Å²) in [7, 11) is 0. The fourth-order valence-corrected chi connectivity index (χ4v) is 6.80. The first-order valence-corrected chi connectivity index (χ1v) is 12.8. The molecule has 2 aromatic rings. The van der Waals surface area contributed by atoms with Gasteiger partial charge in [-0.15, -0.1) is 0 Å². The highest BCUT2D eigenvalue weighted by Gasteiger charge is 2.61. The Labute approximate surface area is 210 Å². The van der Waals surface area contributed by atoms with Crippen molar-refractivity contribution >= 4 is 35.1 Å². The van der Waals surface area contributed by atoms with Crippen molar-refractivity contribution in [3.8, 4) is 5.75 Å². The molecule has 4 aliphatic rings. The van der Waals surface area contributed by atoms with E-state index in [1.54, 1.807) is 23.1 Å². The van der Waals surface area contributed by atoms with Crippen molar-refractivity contribution in [2.75, 3.05) is 16.3 Å². The van der Waals surface area contributed by atoms with Gasteiger partial charge in [-0.3, -0.25) is 19.2 Å². The van der Waals surface area contributed by atoms with Gasteiger partial charge in [0, 0.05) is 18.7 Å². The van der Waals surface area contributed by atoms with Crippen LogP contribution < -0.4 is 14.5 Å².